The zero-order valence-corrected chi connectivity index (χ0v) is 16.2. The number of hydrogen-bond donors (Lipinski definition) is 0. The summed E-state index contributed by atoms with van der Waals surface area (Å²) in [6.07, 6.45) is 0.898. The minimum absolute atomic E-state index is 0.0955. The van der Waals surface area contributed by atoms with Gasteiger partial charge in [-0.25, -0.2) is 4.68 Å². The zero-order valence-electron chi connectivity index (χ0n) is 14.6. The third-order valence-electron chi connectivity index (χ3n) is 4.46. The second-order valence-electron chi connectivity index (χ2n) is 6.35. The first-order valence-electron chi connectivity index (χ1n) is 8.49. The molecule has 0 saturated carbocycles. The van der Waals surface area contributed by atoms with Gasteiger partial charge in [0.2, 0.25) is 11.1 Å². The molecule has 0 N–H and O–H groups in total. The van der Waals surface area contributed by atoms with Crippen LogP contribution in [0.25, 0.3) is 0 Å². The topological polar surface area (TPSA) is 63.9 Å². The number of aromatic nitrogens is 4. The van der Waals surface area contributed by atoms with Crippen LogP contribution in [0.4, 0.5) is 5.69 Å². The largest absolute Gasteiger partial charge is 0.308 e. The van der Waals surface area contributed by atoms with Gasteiger partial charge in [-0.1, -0.05) is 36.0 Å². The van der Waals surface area contributed by atoms with Gasteiger partial charge in [0.1, 0.15) is 0 Å². The summed E-state index contributed by atoms with van der Waals surface area (Å²) < 4.78 is 1.75. The van der Waals surface area contributed by atoms with Gasteiger partial charge in [0.15, 0.2) is 0 Å². The second kappa shape index (κ2) is 7.20. The van der Waals surface area contributed by atoms with Crippen molar-refractivity contribution in [1.82, 2.24) is 20.2 Å². The Balaban J connectivity index is 1.50. The number of fused-ring (bicyclic) bond motifs is 1. The highest BCUT2D eigenvalue weighted by Crippen LogP contribution is 2.34. The number of anilines is 1. The average molecular weight is 386 g/mol. The van der Waals surface area contributed by atoms with Crippen molar-refractivity contribution in [3.05, 3.63) is 52.2 Å². The van der Waals surface area contributed by atoms with Crippen LogP contribution in [0.15, 0.2) is 46.9 Å². The van der Waals surface area contributed by atoms with Gasteiger partial charge in [-0.3, -0.25) is 4.79 Å². The van der Waals surface area contributed by atoms with Crippen molar-refractivity contribution in [1.29, 1.82) is 0 Å². The van der Waals surface area contributed by atoms with Crippen molar-refractivity contribution in [3.63, 3.8) is 0 Å². The van der Waals surface area contributed by atoms with Gasteiger partial charge in [-0.15, -0.1) is 16.4 Å². The minimum Gasteiger partial charge on any atom is -0.308 e. The smallest absolute Gasteiger partial charge is 0.240 e. The van der Waals surface area contributed by atoms with Crippen molar-refractivity contribution >= 4 is 34.7 Å². The number of thioether (sulfide) groups is 1. The molecule has 1 aliphatic rings. The molecule has 4 rings (SSSR count). The van der Waals surface area contributed by atoms with E-state index in [9.17, 15) is 4.79 Å². The molecule has 1 aromatic carbocycles. The molecule has 134 valence electrons. The van der Waals surface area contributed by atoms with E-state index in [0.717, 1.165) is 12.1 Å². The molecule has 0 fully saturated rings. The summed E-state index contributed by atoms with van der Waals surface area (Å²) >= 11 is 3.08. The van der Waals surface area contributed by atoms with Gasteiger partial charge in [-0.05, 0) is 53.8 Å². The maximum absolute atomic E-state index is 13.1. The van der Waals surface area contributed by atoms with Crippen LogP contribution in [-0.4, -0.2) is 37.4 Å². The Morgan fingerprint density at radius 3 is 3.00 bits per heavy atom. The van der Waals surface area contributed by atoms with Gasteiger partial charge < -0.3 is 4.90 Å². The summed E-state index contributed by atoms with van der Waals surface area (Å²) in [5.41, 5.74) is 2.25. The standard InChI is InChI=1S/C18H19N5OS2/c1-12-10-14-6-3-4-8-16(14)23(12)17(24)13(2)26-18-19-20-21-22(18)11-15-7-5-9-25-15/h3-9,12-13H,10-11H2,1-2H3/t12-,13-/m1/s1. The fourth-order valence-corrected chi connectivity index (χ4v) is 4.76. The molecule has 3 heterocycles. The highest BCUT2D eigenvalue weighted by molar-refractivity contribution is 8.00. The van der Waals surface area contributed by atoms with E-state index in [1.165, 1.54) is 22.2 Å². The second-order valence-corrected chi connectivity index (χ2v) is 8.69. The molecule has 0 aliphatic carbocycles. The molecule has 0 saturated heterocycles. The highest BCUT2D eigenvalue weighted by atomic mass is 32.2. The lowest BCUT2D eigenvalue weighted by molar-refractivity contribution is -0.118. The molecular weight excluding hydrogens is 366 g/mol. The van der Waals surface area contributed by atoms with Crippen molar-refractivity contribution in [2.75, 3.05) is 4.90 Å². The maximum Gasteiger partial charge on any atom is 0.240 e. The quantitative estimate of drug-likeness (QED) is 0.631. The SMILES string of the molecule is C[C@@H]1Cc2ccccc2N1C(=O)[C@@H](C)Sc1nnnn1Cc1cccs1. The number of hydrogen-bond acceptors (Lipinski definition) is 6. The van der Waals surface area contributed by atoms with E-state index in [2.05, 4.69) is 34.6 Å². The Labute approximate surface area is 160 Å². The lowest BCUT2D eigenvalue weighted by Gasteiger charge is -2.25. The molecule has 26 heavy (non-hydrogen) atoms. The Morgan fingerprint density at radius 2 is 2.19 bits per heavy atom. The number of thiophene rings is 1. The molecule has 0 radical (unpaired) electrons. The summed E-state index contributed by atoms with van der Waals surface area (Å²) in [5.74, 6) is 0.0955. The first kappa shape index (κ1) is 17.2. The number of carbonyl (C=O) groups excluding carboxylic acids is 1. The molecule has 1 amide bonds. The lowest BCUT2D eigenvalue weighted by atomic mass is 10.1. The lowest BCUT2D eigenvalue weighted by Crippen LogP contribution is -2.40. The van der Waals surface area contributed by atoms with E-state index in [0.29, 0.717) is 11.7 Å². The number of amides is 1. The Hall–Kier alpha value is -2.19. The molecular formula is C18H19N5OS2. The normalized spacial score (nSPS) is 17.3. The van der Waals surface area contributed by atoms with E-state index in [1.54, 1.807) is 16.0 Å². The fourth-order valence-electron chi connectivity index (χ4n) is 3.24. The monoisotopic (exact) mass is 385 g/mol. The number of rotatable bonds is 5. The Morgan fingerprint density at radius 1 is 1.35 bits per heavy atom. The van der Waals surface area contributed by atoms with Gasteiger partial charge in [-0.2, -0.15) is 0 Å². The van der Waals surface area contributed by atoms with Crippen molar-refractivity contribution in [2.24, 2.45) is 0 Å². The molecule has 2 aromatic heterocycles. The van der Waals surface area contributed by atoms with Crippen LogP contribution in [0, 0.1) is 0 Å². The number of benzene rings is 1. The van der Waals surface area contributed by atoms with E-state index in [-0.39, 0.29) is 17.2 Å². The third-order valence-corrected chi connectivity index (χ3v) is 6.38. The average Bonchev–Trinajstić information content (AvgIpc) is 3.35. The molecule has 1 aliphatic heterocycles. The van der Waals surface area contributed by atoms with Crippen LogP contribution in [0.3, 0.4) is 0 Å². The summed E-state index contributed by atoms with van der Waals surface area (Å²) in [6, 6.07) is 12.4. The van der Waals surface area contributed by atoms with Crippen LogP contribution in [0.2, 0.25) is 0 Å². The van der Waals surface area contributed by atoms with Gasteiger partial charge >= 0.3 is 0 Å². The van der Waals surface area contributed by atoms with Crippen LogP contribution in [0.5, 0.6) is 0 Å². The summed E-state index contributed by atoms with van der Waals surface area (Å²) in [7, 11) is 0. The minimum atomic E-state index is -0.267. The summed E-state index contributed by atoms with van der Waals surface area (Å²) in [4.78, 5) is 16.2. The van der Waals surface area contributed by atoms with Gasteiger partial charge in [0.05, 0.1) is 11.8 Å². The highest BCUT2D eigenvalue weighted by Gasteiger charge is 2.34. The summed E-state index contributed by atoms with van der Waals surface area (Å²) in [5, 5.41) is 14.4. The first-order chi connectivity index (χ1) is 12.6. The molecule has 2 atom stereocenters. The molecule has 0 bridgehead atoms. The first-order valence-corrected chi connectivity index (χ1v) is 10.3. The van der Waals surface area contributed by atoms with E-state index >= 15 is 0 Å². The van der Waals surface area contributed by atoms with Gasteiger partial charge in [0.25, 0.3) is 0 Å². The van der Waals surface area contributed by atoms with Gasteiger partial charge in [0, 0.05) is 16.6 Å². The van der Waals surface area contributed by atoms with Crippen molar-refractivity contribution in [3.8, 4) is 0 Å². The predicted molar refractivity (Wildman–Crippen MR) is 104 cm³/mol. The molecule has 8 heteroatoms. The van der Waals surface area contributed by atoms with Crippen LogP contribution in [-0.2, 0) is 17.8 Å². The van der Waals surface area contributed by atoms with Crippen molar-refractivity contribution in [2.45, 2.75) is 43.3 Å². The Kier molecular flexibility index (Phi) is 4.78. The Bertz CT molecular complexity index is 908. The zero-order chi connectivity index (χ0) is 18.1. The molecule has 3 aromatic rings. The molecule has 0 unspecified atom stereocenters. The van der Waals surface area contributed by atoms with Crippen molar-refractivity contribution < 1.29 is 4.79 Å². The molecule has 6 nitrogen and oxygen atoms in total. The molecule has 0 spiro atoms. The summed E-state index contributed by atoms with van der Waals surface area (Å²) in [6.45, 7) is 4.64. The van der Waals surface area contributed by atoms with Crippen LogP contribution >= 0.6 is 23.1 Å². The van der Waals surface area contributed by atoms with E-state index in [1.807, 2.05) is 41.5 Å². The van der Waals surface area contributed by atoms with Crippen LogP contribution < -0.4 is 4.90 Å². The van der Waals surface area contributed by atoms with E-state index in [4.69, 9.17) is 0 Å². The van der Waals surface area contributed by atoms with E-state index < -0.39 is 0 Å². The number of para-hydroxylation sites is 1. The third kappa shape index (κ3) is 3.26. The van der Waals surface area contributed by atoms with Crippen LogP contribution in [0.1, 0.15) is 24.3 Å². The maximum atomic E-state index is 13.1. The fraction of sp³-hybridized carbons (Fsp3) is 0.333. The number of nitrogens with zero attached hydrogens (tertiary/aromatic N) is 5. The number of tetrazole rings is 1. The predicted octanol–water partition coefficient (Wildman–Crippen LogP) is 3.24. The number of carbonyl (C=O) groups is 1.